The number of anilines is 3. The highest BCUT2D eigenvalue weighted by molar-refractivity contribution is 6.05. The molecule has 10 nitrogen and oxygen atoms in total. The molecule has 2 aromatic carbocycles. The van der Waals surface area contributed by atoms with Crippen molar-refractivity contribution in [2.24, 2.45) is 17.8 Å². The number of carbonyl (C=O) groups excluding carboxylic acids is 3. The van der Waals surface area contributed by atoms with Crippen LogP contribution in [0.2, 0.25) is 0 Å². The minimum Gasteiger partial charge on any atom is -0.494 e. The normalized spacial score (nSPS) is 26.1. The maximum atomic E-state index is 14.3. The standard InChI is InChI=1S/C34H46N4O6/c1-6-37(7-2)24-13-9-22(10-14-24)36-32(41)30-34-18-17-27(44-34)28(29(34)33(42)38(30)25(20-39)19-21(4)5)31(40)35-23-11-15-26(16-12-23)43-8-3/h9-16,21,25,27-30,39H,6-8,17-20H2,1-5H3,(H,35,40)(H,36,41)/t25-,27+,28-,29+,30?,34?/m1/s1. The zero-order valence-corrected chi connectivity index (χ0v) is 26.4. The molecule has 3 saturated heterocycles. The lowest BCUT2D eigenvalue weighted by Gasteiger charge is -2.37. The second-order valence-corrected chi connectivity index (χ2v) is 12.4. The Morgan fingerprint density at radius 2 is 1.64 bits per heavy atom. The van der Waals surface area contributed by atoms with Gasteiger partial charge in [-0.2, -0.15) is 0 Å². The molecule has 10 heteroatoms. The van der Waals surface area contributed by atoms with Gasteiger partial charge in [-0.25, -0.2) is 0 Å². The maximum Gasteiger partial charge on any atom is 0.250 e. The SMILES string of the molecule is CCOc1ccc(NC(=O)[C@@H]2[C@@H]3CCC4(O3)C(C(=O)Nc3ccc(N(CC)CC)cc3)N([C@@H](CO)CC(C)C)C(=O)[C@H]24)cc1. The van der Waals surface area contributed by atoms with Gasteiger partial charge in [0.15, 0.2) is 0 Å². The Morgan fingerprint density at radius 1 is 1.02 bits per heavy atom. The minimum atomic E-state index is -1.15. The second-order valence-electron chi connectivity index (χ2n) is 12.4. The second kappa shape index (κ2) is 13.2. The largest absolute Gasteiger partial charge is 0.494 e. The zero-order valence-electron chi connectivity index (χ0n) is 26.4. The van der Waals surface area contributed by atoms with Crippen molar-refractivity contribution in [3.63, 3.8) is 0 Å². The van der Waals surface area contributed by atoms with E-state index in [0.29, 0.717) is 43.0 Å². The fourth-order valence-electron chi connectivity index (χ4n) is 7.49. The van der Waals surface area contributed by atoms with E-state index in [4.69, 9.17) is 9.47 Å². The van der Waals surface area contributed by atoms with Gasteiger partial charge in [0, 0.05) is 30.2 Å². The van der Waals surface area contributed by atoms with E-state index in [1.807, 2.05) is 45.0 Å². The summed E-state index contributed by atoms with van der Waals surface area (Å²) in [5, 5.41) is 16.5. The van der Waals surface area contributed by atoms with Gasteiger partial charge in [0.05, 0.1) is 37.2 Å². The molecule has 6 atom stereocenters. The first-order chi connectivity index (χ1) is 21.2. The highest BCUT2D eigenvalue weighted by Crippen LogP contribution is 2.59. The third kappa shape index (κ3) is 5.77. The molecule has 3 N–H and O–H groups in total. The molecule has 0 saturated carbocycles. The van der Waals surface area contributed by atoms with Crippen molar-refractivity contribution in [3.8, 4) is 5.75 Å². The number of nitrogens with zero attached hydrogens (tertiary/aromatic N) is 2. The molecule has 1 spiro atoms. The number of aliphatic hydroxyl groups is 1. The van der Waals surface area contributed by atoms with E-state index in [2.05, 4.69) is 29.4 Å². The molecule has 2 aromatic rings. The Kier molecular flexibility index (Phi) is 9.51. The van der Waals surface area contributed by atoms with Crippen LogP contribution in [-0.4, -0.2) is 77.8 Å². The van der Waals surface area contributed by atoms with Gasteiger partial charge in [0.2, 0.25) is 17.7 Å². The molecule has 5 rings (SSSR count). The lowest BCUT2D eigenvalue weighted by molar-refractivity contribution is -0.143. The monoisotopic (exact) mass is 606 g/mol. The molecule has 2 bridgehead atoms. The fraction of sp³-hybridized carbons (Fsp3) is 0.559. The molecule has 3 heterocycles. The Labute approximate surface area is 260 Å². The summed E-state index contributed by atoms with van der Waals surface area (Å²) in [6.07, 6.45) is 1.08. The molecule has 0 aromatic heterocycles. The zero-order chi connectivity index (χ0) is 31.6. The van der Waals surface area contributed by atoms with Crippen LogP contribution in [0.4, 0.5) is 17.1 Å². The Balaban J connectivity index is 1.44. The molecule has 0 aliphatic carbocycles. The summed E-state index contributed by atoms with van der Waals surface area (Å²) in [6, 6.07) is 13.2. The van der Waals surface area contributed by atoms with E-state index in [0.717, 1.165) is 18.8 Å². The summed E-state index contributed by atoms with van der Waals surface area (Å²) in [4.78, 5) is 46.1. The average Bonchev–Trinajstić information content (AvgIpc) is 3.65. The van der Waals surface area contributed by atoms with Gasteiger partial charge in [-0.05, 0) is 94.5 Å². The molecule has 238 valence electrons. The van der Waals surface area contributed by atoms with E-state index in [-0.39, 0.29) is 30.2 Å². The van der Waals surface area contributed by atoms with Gasteiger partial charge >= 0.3 is 0 Å². The summed E-state index contributed by atoms with van der Waals surface area (Å²) < 4.78 is 12.1. The van der Waals surface area contributed by atoms with Gasteiger partial charge in [0.25, 0.3) is 0 Å². The maximum absolute atomic E-state index is 14.3. The molecule has 2 unspecified atom stereocenters. The molecule has 44 heavy (non-hydrogen) atoms. The number of carbonyl (C=O) groups is 3. The van der Waals surface area contributed by atoms with Crippen LogP contribution in [0.3, 0.4) is 0 Å². The predicted molar refractivity (Wildman–Crippen MR) is 170 cm³/mol. The number of amides is 3. The first-order valence-corrected chi connectivity index (χ1v) is 16.0. The number of fused-ring (bicyclic) bond motifs is 1. The van der Waals surface area contributed by atoms with Gasteiger partial charge in [0.1, 0.15) is 17.4 Å². The van der Waals surface area contributed by atoms with Crippen molar-refractivity contribution < 1.29 is 29.0 Å². The van der Waals surface area contributed by atoms with Crippen molar-refractivity contribution >= 4 is 34.8 Å². The molecule has 3 aliphatic heterocycles. The van der Waals surface area contributed by atoms with Crippen LogP contribution in [0.25, 0.3) is 0 Å². The lowest BCUT2D eigenvalue weighted by Crippen LogP contribution is -2.56. The third-order valence-electron chi connectivity index (χ3n) is 9.33. The Bertz CT molecular complexity index is 1330. The van der Waals surface area contributed by atoms with Crippen LogP contribution in [0.5, 0.6) is 5.75 Å². The number of hydrogen-bond acceptors (Lipinski definition) is 7. The highest BCUT2D eigenvalue weighted by atomic mass is 16.5. The molecular formula is C34H46N4O6. The van der Waals surface area contributed by atoms with Gasteiger partial charge in [-0.1, -0.05) is 13.8 Å². The summed E-state index contributed by atoms with van der Waals surface area (Å²) in [5.41, 5.74) is 1.10. The van der Waals surface area contributed by atoms with Crippen LogP contribution >= 0.6 is 0 Å². The van der Waals surface area contributed by atoms with Crippen LogP contribution in [-0.2, 0) is 19.1 Å². The quantitative estimate of drug-likeness (QED) is 0.311. The molecular weight excluding hydrogens is 560 g/mol. The van der Waals surface area contributed by atoms with Crippen molar-refractivity contribution in [3.05, 3.63) is 48.5 Å². The Hall–Kier alpha value is -3.63. The number of rotatable bonds is 13. The lowest BCUT2D eigenvalue weighted by atomic mass is 9.70. The van der Waals surface area contributed by atoms with Crippen molar-refractivity contribution in [1.29, 1.82) is 0 Å². The Morgan fingerprint density at radius 3 is 2.20 bits per heavy atom. The van der Waals surface area contributed by atoms with E-state index in [9.17, 15) is 19.5 Å². The molecule has 3 aliphatic rings. The van der Waals surface area contributed by atoms with Crippen LogP contribution < -0.4 is 20.3 Å². The summed E-state index contributed by atoms with van der Waals surface area (Å²) in [6.45, 7) is 12.1. The van der Waals surface area contributed by atoms with Gasteiger partial charge in [-0.15, -0.1) is 0 Å². The van der Waals surface area contributed by atoms with Crippen molar-refractivity contribution in [2.45, 2.75) is 77.7 Å². The number of ether oxygens (including phenoxy) is 2. The summed E-state index contributed by atoms with van der Waals surface area (Å²) >= 11 is 0. The third-order valence-corrected chi connectivity index (χ3v) is 9.33. The van der Waals surface area contributed by atoms with Crippen LogP contribution in [0.15, 0.2) is 48.5 Å². The molecule has 3 fully saturated rings. The fourth-order valence-corrected chi connectivity index (χ4v) is 7.49. The minimum absolute atomic E-state index is 0.172. The van der Waals surface area contributed by atoms with Crippen LogP contribution in [0, 0.1) is 17.8 Å². The molecule has 0 radical (unpaired) electrons. The van der Waals surface area contributed by atoms with Crippen LogP contribution in [0.1, 0.15) is 53.9 Å². The number of likely N-dealkylation sites (tertiary alicyclic amines) is 1. The van der Waals surface area contributed by atoms with E-state index < -0.39 is 35.6 Å². The first kappa shape index (κ1) is 31.8. The van der Waals surface area contributed by atoms with Gasteiger partial charge < -0.3 is 35.0 Å². The summed E-state index contributed by atoms with van der Waals surface area (Å²) in [7, 11) is 0. The van der Waals surface area contributed by atoms with Crippen molar-refractivity contribution in [2.75, 3.05) is 41.8 Å². The average molecular weight is 607 g/mol. The number of hydrogen-bond donors (Lipinski definition) is 3. The highest BCUT2D eigenvalue weighted by Gasteiger charge is 2.75. The predicted octanol–water partition coefficient (Wildman–Crippen LogP) is 4.29. The number of benzene rings is 2. The van der Waals surface area contributed by atoms with E-state index in [1.54, 1.807) is 24.3 Å². The molecule has 3 amide bonds. The first-order valence-electron chi connectivity index (χ1n) is 16.0. The number of nitrogens with one attached hydrogen (secondary N) is 2. The number of aliphatic hydroxyl groups excluding tert-OH is 1. The van der Waals surface area contributed by atoms with E-state index in [1.165, 1.54) is 4.90 Å². The van der Waals surface area contributed by atoms with E-state index >= 15 is 0 Å². The smallest absolute Gasteiger partial charge is 0.250 e. The van der Waals surface area contributed by atoms with Gasteiger partial charge in [-0.3, -0.25) is 14.4 Å². The topological polar surface area (TPSA) is 120 Å². The summed E-state index contributed by atoms with van der Waals surface area (Å²) in [5.74, 6) is -1.70. The van der Waals surface area contributed by atoms with Crippen molar-refractivity contribution in [1.82, 2.24) is 4.90 Å².